The number of benzene rings is 1. The molecule has 0 bridgehead atoms. The molecule has 12 heavy (non-hydrogen) atoms. The first kappa shape index (κ1) is 9.06. The predicted octanol–water partition coefficient (Wildman–Crippen LogP) is 1.47. The van der Waals surface area contributed by atoms with Crippen LogP contribution < -0.4 is 5.32 Å². The van der Waals surface area contributed by atoms with Crippen molar-refractivity contribution in [1.82, 2.24) is 5.32 Å². The highest BCUT2D eigenvalue weighted by Gasteiger charge is 2.09. The molecule has 0 spiro atoms. The van der Waals surface area contributed by atoms with Crippen LogP contribution in [0.15, 0.2) is 23.1 Å². The van der Waals surface area contributed by atoms with E-state index >= 15 is 0 Å². The van der Waals surface area contributed by atoms with E-state index in [-0.39, 0.29) is 16.4 Å². The number of hydrogen-bond acceptors (Lipinski definition) is 2. The highest BCUT2D eigenvalue weighted by Crippen LogP contribution is 2.16. The molecule has 1 aromatic carbocycles. The van der Waals surface area contributed by atoms with E-state index in [0.29, 0.717) is 0 Å². The Kier molecular flexibility index (Phi) is 2.70. The second kappa shape index (κ2) is 3.58. The summed E-state index contributed by atoms with van der Waals surface area (Å²) in [6.07, 6.45) is 0. The summed E-state index contributed by atoms with van der Waals surface area (Å²) in [7, 11) is 1.49. The van der Waals surface area contributed by atoms with Crippen molar-refractivity contribution in [2.24, 2.45) is 0 Å². The first-order chi connectivity index (χ1) is 5.66. The first-order valence-corrected chi connectivity index (χ1v) is 3.81. The van der Waals surface area contributed by atoms with E-state index in [1.807, 2.05) is 0 Å². The largest absolute Gasteiger partial charge is 0.355 e. The molecule has 0 heterocycles. The molecule has 1 aromatic rings. The Morgan fingerprint density at radius 2 is 2.25 bits per heavy atom. The summed E-state index contributed by atoms with van der Waals surface area (Å²) < 4.78 is 12.8. The molecule has 0 aromatic heterocycles. The van der Waals surface area contributed by atoms with Crippen LogP contribution in [0.2, 0.25) is 0 Å². The van der Waals surface area contributed by atoms with Crippen LogP contribution in [0.1, 0.15) is 10.4 Å². The monoisotopic (exact) mass is 185 g/mol. The van der Waals surface area contributed by atoms with Gasteiger partial charge >= 0.3 is 0 Å². The van der Waals surface area contributed by atoms with E-state index in [0.717, 1.165) is 0 Å². The Bertz CT molecular complexity index is 314. The molecule has 1 N–H and O–H groups in total. The fourth-order valence-electron chi connectivity index (χ4n) is 0.833. The highest BCUT2D eigenvalue weighted by atomic mass is 32.1. The van der Waals surface area contributed by atoms with Crippen molar-refractivity contribution in [1.29, 1.82) is 0 Å². The number of carbonyl (C=O) groups excluding carboxylic acids is 1. The molecule has 0 aliphatic heterocycles. The number of rotatable bonds is 1. The SMILES string of the molecule is CNC(=O)c1cccc(F)c1S. The van der Waals surface area contributed by atoms with Gasteiger partial charge in [-0.1, -0.05) is 6.07 Å². The summed E-state index contributed by atoms with van der Waals surface area (Å²) in [6.45, 7) is 0. The van der Waals surface area contributed by atoms with Crippen molar-refractivity contribution >= 4 is 18.5 Å². The Hall–Kier alpha value is -1.03. The summed E-state index contributed by atoms with van der Waals surface area (Å²) in [5.74, 6) is -0.820. The predicted molar refractivity (Wildman–Crippen MR) is 47.0 cm³/mol. The molecular weight excluding hydrogens is 177 g/mol. The van der Waals surface area contributed by atoms with Crippen LogP contribution in [-0.4, -0.2) is 13.0 Å². The van der Waals surface area contributed by atoms with Crippen molar-refractivity contribution in [3.05, 3.63) is 29.6 Å². The van der Waals surface area contributed by atoms with E-state index in [1.54, 1.807) is 0 Å². The quantitative estimate of drug-likeness (QED) is 0.637. The molecule has 0 aliphatic carbocycles. The lowest BCUT2D eigenvalue weighted by Gasteiger charge is -2.02. The minimum atomic E-state index is -0.487. The minimum Gasteiger partial charge on any atom is -0.355 e. The second-order valence-electron chi connectivity index (χ2n) is 2.22. The lowest BCUT2D eigenvalue weighted by Crippen LogP contribution is -2.18. The van der Waals surface area contributed by atoms with E-state index in [1.165, 1.54) is 25.2 Å². The molecule has 0 aliphatic rings. The number of thiol groups is 1. The summed E-state index contributed by atoms with van der Waals surface area (Å²) in [5.41, 5.74) is 0.251. The molecule has 1 amide bonds. The van der Waals surface area contributed by atoms with Crippen molar-refractivity contribution in [3.8, 4) is 0 Å². The van der Waals surface area contributed by atoms with Crippen LogP contribution in [0.5, 0.6) is 0 Å². The van der Waals surface area contributed by atoms with Crippen molar-refractivity contribution in [2.45, 2.75) is 4.90 Å². The maximum Gasteiger partial charge on any atom is 0.252 e. The summed E-state index contributed by atoms with van der Waals surface area (Å²) >= 11 is 3.87. The van der Waals surface area contributed by atoms with Gasteiger partial charge in [-0.25, -0.2) is 4.39 Å². The van der Waals surface area contributed by atoms with Crippen LogP contribution in [0.3, 0.4) is 0 Å². The van der Waals surface area contributed by atoms with Gasteiger partial charge in [0.25, 0.3) is 5.91 Å². The van der Waals surface area contributed by atoms with Gasteiger partial charge in [0.2, 0.25) is 0 Å². The number of carbonyl (C=O) groups is 1. The Balaban J connectivity index is 3.16. The zero-order valence-electron chi connectivity index (χ0n) is 6.47. The topological polar surface area (TPSA) is 29.1 Å². The normalized spacial score (nSPS) is 9.58. The fourth-order valence-corrected chi connectivity index (χ4v) is 1.08. The molecule has 1 rings (SSSR count). The number of nitrogens with one attached hydrogen (secondary N) is 1. The van der Waals surface area contributed by atoms with Crippen molar-refractivity contribution in [2.75, 3.05) is 7.05 Å². The minimum absolute atomic E-state index is 0.0804. The first-order valence-electron chi connectivity index (χ1n) is 3.36. The Labute approximate surface area is 75.2 Å². The van der Waals surface area contributed by atoms with Gasteiger partial charge in [-0.15, -0.1) is 12.6 Å². The van der Waals surface area contributed by atoms with Gasteiger partial charge in [-0.3, -0.25) is 4.79 Å². The van der Waals surface area contributed by atoms with Gasteiger partial charge in [-0.05, 0) is 12.1 Å². The number of halogens is 1. The lowest BCUT2D eigenvalue weighted by molar-refractivity contribution is 0.0959. The van der Waals surface area contributed by atoms with Crippen molar-refractivity contribution < 1.29 is 9.18 Å². The van der Waals surface area contributed by atoms with Crippen LogP contribution >= 0.6 is 12.6 Å². The van der Waals surface area contributed by atoms with Gasteiger partial charge in [0.05, 0.1) is 10.5 Å². The van der Waals surface area contributed by atoms with E-state index in [9.17, 15) is 9.18 Å². The Morgan fingerprint density at radius 3 is 2.83 bits per heavy atom. The summed E-state index contributed by atoms with van der Waals surface area (Å²) in [6, 6.07) is 4.25. The molecular formula is C8H8FNOS. The third-order valence-electron chi connectivity index (χ3n) is 1.46. The lowest BCUT2D eigenvalue weighted by atomic mass is 10.2. The molecule has 4 heteroatoms. The number of amides is 1. The standard InChI is InChI=1S/C8H8FNOS/c1-10-8(11)5-3-2-4-6(9)7(5)12/h2-4,12H,1H3,(H,10,11). The van der Waals surface area contributed by atoms with Gasteiger partial charge < -0.3 is 5.32 Å². The number of hydrogen-bond donors (Lipinski definition) is 2. The zero-order chi connectivity index (χ0) is 9.14. The van der Waals surface area contributed by atoms with Crippen LogP contribution in [0.4, 0.5) is 4.39 Å². The molecule has 0 atom stereocenters. The molecule has 0 radical (unpaired) electrons. The zero-order valence-corrected chi connectivity index (χ0v) is 7.36. The summed E-state index contributed by atoms with van der Waals surface area (Å²) in [5, 5.41) is 2.39. The fraction of sp³-hybridized carbons (Fsp3) is 0.125. The van der Waals surface area contributed by atoms with Crippen LogP contribution in [-0.2, 0) is 0 Å². The summed E-state index contributed by atoms with van der Waals surface area (Å²) in [4.78, 5) is 11.1. The second-order valence-corrected chi connectivity index (χ2v) is 2.66. The maximum absolute atomic E-state index is 12.8. The van der Waals surface area contributed by atoms with Crippen molar-refractivity contribution in [3.63, 3.8) is 0 Å². The third kappa shape index (κ3) is 1.58. The molecule has 0 saturated carbocycles. The third-order valence-corrected chi connectivity index (χ3v) is 1.91. The smallest absolute Gasteiger partial charge is 0.252 e. The molecule has 0 unspecified atom stereocenters. The Morgan fingerprint density at radius 1 is 1.58 bits per heavy atom. The van der Waals surface area contributed by atoms with Gasteiger partial charge in [-0.2, -0.15) is 0 Å². The molecule has 2 nitrogen and oxygen atoms in total. The van der Waals surface area contributed by atoms with Gasteiger partial charge in [0.1, 0.15) is 5.82 Å². The van der Waals surface area contributed by atoms with Gasteiger partial charge in [0, 0.05) is 7.05 Å². The van der Waals surface area contributed by atoms with E-state index in [2.05, 4.69) is 17.9 Å². The highest BCUT2D eigenvalue weighted by molar-refractivity contribution is 7.80. The van der Waals surface area contributed by atoms with Crippen LogP contribution in [0.25, 0.3) is 0 Å². The van der Waals surface area contributed by atoms with Gasteiger partial charge in [0.15, 0.2) is 0 Å². The van der Waals surface area contributed by atoms with E-state index in [4.69, 9.17) is 0 Å². The molecule has 0 saturated heterocycles. The molecule has 0 fully saturated rings. The van der Waals surface area contributed by atoms with Crippen LogP contribution in [0, 0.1) is 5.82 Å². The average molecular weight is 185 g/mol. The maximum atomic E-state index is 12.8. The average Bonchev–Trinajstić information content (AvgIpc) is 2.08. The van der Waals surface area contributed by atoms with E-state index < -0.39 is 5.82 Å². The molecule has 64 valence electrons.